The van der Waals surface area contributed by atoms with Crippen molar-refractivity contribution in [2.24, 2.45) is 7.05 Å². The third-order valence-corrected chi connectivity index (χ3v) is 2.54. The van der Waals surface area contributed by atoms with Gasteiger partial charge in [0, 0.05) is 24.7 Å². The summed E-state index contributed by atoms with van der Waals surface area (Å²) in [7, 11) is 1.72. The normalized spacial score (nSPS) is 10.5. The van der Waals surface area contributed by atoms with Crippen molar-refractivity contribution in [3.8, 4) is 17.3 Å². The van der Waals surface area contributed by atoms with E-state index in [0.29, 0.717) is 11.4 Å². The highest BCUT2D eigenvalue weighted by atomic mass is 16.6. The molecular formula is C11H11N3O3. The van der Waals surface area contributed by atoms with Crippen molar-refractivity contribution in [2.75, 3.05) is 0 Å². The van der Waals surface area contributed by atoms with Gasteiger partial charge in [-0.25, -0.2) is 0 Å². The molecule has 0 atom stereocenters. The molecule has 1 aromatic heterocycles. The van der Waals surface area contributed by atoms with Crippen molar-refractivity contribution in [2.45, 2.75) is 6.92 Å². The van der Waals surface area contributed by atoms with Gasteiger partial charge in [-0.2, -0.15) is 4.98 Å². The molecule has 2 aromatic rings. The lowest BCUT2D eigenvalue weighted by Crippen LogP contribution is -1.95. The summed E-state index contributed by atoms with van der Waals surface area (Å²) < 4.78 is 1.63. The molecule has 2 rings (SSSR count). The van der Waals surface area contributed by atoms with Crippen LogP contribution in [0.2, 0.25) is 0 Å². The summed E-state index contributed by atoms with van der Waals surface area (Å²) in [6, 6.07) is 4.57. The first-order chi connectivity index (χ1) is 7.99. The van der Waals surface area contributed by atoms with E-state index >= 15 is 0 Å². The standard InChI is InChI=1S/C11H11N3O3/c1-7-3-4-8(14(16)17)5-9(7)11-12-10(15)6-13(11)2/h3-6,15H,1-2H3. The summed E-state index contributed by atoms with van der Waals surface area (Å²) in [6.07, 6.45) is 1.45. The molecule has 0 saturated heterocycles. The summed E-state index contributed by atoms with van der Waals surface area (Å²) in [4.78, 5) is 14.2. The Morgan fingerprint density at radius 3 is 2.71 bits per heavy atom. The molecule has 6 nitrogen and oxygen atoms in total. The summed E-state index contributed by atoms with van der Waals surface area (Å²) in [5.74, 6) is 0.400. The Bertz CT molecular complexity index is 590. The average Bonchev–Trinajstić information content (AvgIpc) is 2.58. The van der Waals surface area contributed by atoms with Gasteiger partial charge >= 0.3 is 0 Å². The molecule has 0 radical (unpaired) electrons. The monoisotopic (exact) mass is 233 g/mol. The maximum atomic E-state index is 10.7. The first kappa shape index (κ1) is 11.1. The van der Waals surface area contributed by atoms with E-state index in [2.05, 4.69) is 4.98 Å². The molecule has 0 unspecified atom stereocenters. The minimum absolute atomic E-state index is 0.00749. The lowest BCUT2D eigenvalue weighted by Gasteiger charge is -2.05. The third-order valence-electron chi connectivity index (χ3n) is 2.54. The van der Waals surface area contributed by atoms with Crippen molar-refractivity contribution in [3.63, 3.8) is 0 Å². The number of aromatic nitrogens is 2. The Labute approximate surface area is 97.3 Å². The van der Waals surface area contributed by atoms with Gasteiger partial charge in [-0.05, 0) is 12.5 Å². The SMILES string of the molecule is Cc1ccc([N+](=O)[O-])cc1-c1nc(O)cn1C. The number of aromatic hydroxyl groups is 1. The van der Waals surface area contributed by atoms with E-state index < -0.39 is 4.92 Å². The maximum absolute atomic E-state index is 10.7. The van der Waals surface area contributed by atoms with E-state index in [-0.39, 0.29) is 11.6 Å². The summed E-state index contributed by atoms with van der Waals surface area (Å²) in [5.41, 5.74) is 1.51. The Kier molecular flexibility index (Phi) is 2.55. The van der Waals surface area contributed by atoms with Crippen molar-refractivity contribution in [1.82, 2.24) is 9.55 Å². The molecular weight excluding hydrogens is 222 g/mol. The van der Waals surface area contributed by atoms with Crippen LogP contribution in [0.5, 0.6) is 5.88 Å². The zero-order valence-electron chi connectivity index (χ0n) is 9.41. The van der Waals surface area contributed by atoms with E-state index in [1.165, 1.54) is 18.3 Å². The lowest BCUT2D eigenvalue weighted by molar-refractivity contribution is -0.384. The fourth-order valence-corrected chi connectivity index (χ4v) is 1.67. The maximum Gasteiger partial charge on any atom is 0.270 e. The highest BCUT2D eigenvalue weighted by Gasteiger charge is 2.14. The van der Waals surface area contributed by atoms with Gasteiger partial charge < -0.3 is 9.67 Å². The smallest absolute Gasteiger partial charge is 0.270 e. The number of hydrogen-bond donors (Lipinski definition) is 1. The average molecular weight is 233 g/mol. The number of imidazole rings is 1. The molecule has 6 heteroatoms. The number of rotatable bonds is 2. The Morgan fingerprint density at radius 2 is 2.18 bits per heavy atom. The highest BCUT2D eigenvalue weighted by molar-refractivity contribution is 5.64. The van der Waals surface area contributed by atoms with Crippen LogP contribution < -0.4 is 0 Å². The Balaban J connectivity index is 2.62. The molecule has 0 saturated carbocycles. The molecule has 0 bridgehead atoms. The van der Waals surface area contributed by atoms with Crippen LogP contribution in [0, 0.1) is 17.0 Å². The summed E-state index contributed by atoms with van der Waals surface area (Å²) >= 11 is 0. The number of benzene rings is 1. The number of nitro groups is 1. The quantitative estimate of drug-likeness (QED) is 0.635. The molecule has 88 valence electrons. The van der Waals surface area contributed by atoms with Crippen LogP contribution in [0.3, 0.4) is 0 Å². The number of nitrogens with zero attached hydrogens (tertiary/aromatic N) is 3. The van der Waals surface area contributed by atoms with Gasteiger partial charge in [0.25, 0.3) is 5.69 Å². The topological polar surface area (TPSA) is 81.2 Å². The van der Waals surface area contributed by atoms with Crippen LogP contribution in [-0.2, 0) is 7.05 Å². The van der Waals surface area contributed by atoms with E-state index in [0.717, 1.165) is 5.56 Å². The molecule has 0 fully saturated rings. The molecule has 1 heterocycles. The third kappa shape index (κ3) is 1.96. The predicted octanol–water partition coefficient (Wildman–Crippen LogP) is 2.01. The molecule has 0 aliphatic carbocycles. The number of nitro benzene ring substituents is 1. The van der Waals surface area contributed by atoms with Gasteiger partial charge in [-0.1, -0.05) is 6.07 Å². The van der Waals surface area contributed by atoms with E-state index in [9.17, 15) is 15.2 Å². The second kappa shape index (κ2) is 3.89. The second-order valence-corrected chi connectivity index (χ2v) is 3.79. The molecule has 0 amide bonds. The minimum atomic E-state index is -0.453. The molecule has 0 aliphatic heterocycles. The van der Waals surface area contributed by atoms with E-state index in [1.54, 1.807) is 17.7 Å². The zero-order valence-corrected chi connectivity index (χ0v) is 9.41. The van der Waals surface area contributed by atoms with Crippen LogP contribution in [0.15, 0.2) is 24.4 Å². The molecule has 1 N–H and O–H groups in total. The number of hydrogen-bond acceptors (Lipinski definition) is 4. The van der Waals surface area contributed by atoms with Crippen molar-refractivity contribution in [1.29, 1.82) is 0 Å². The van der Waals surface area contributed by atoms with Gasteiger partial charge in [0.2, 0.25) is 5.88 Å². The number of aryl methyl sites for hydroxylation is 2. The fraction of sp³-hybridized carbons (Fsp3) is 0.182. The highest BCUT2D eigenvalue weighted by Crippen LogP contribution is 2.27. The van der Waals surface area contributed by atoms with E-state index in [4.69, 9.17) is 0 Å². The molecule has 1 aromatic carbocycles. The van der Waals surface area contributed by atoms with Crippen LogP contribution in [0.4, 0.5) is 5.69 Å². The predicted molar refractivity (Wildman–Crippen MR) is 61.7 cm³/mol. The van der Waals surface area contributed by atoms with Gasteiger partial charge in [-0.3, -0.25) is 10.1 Å². The molecule has 0 aliphatic rings. The van der Waals surface area contributed by atoms with Crippen LogP contribution in [0.25, 0.3) is 11.4 Å². The minimum Gasteiger partial charge on any atom is -0.492 e. The molecule has 0 spiro atoms. The first-order valence-electron chi connectivity index (χ1n) is 4.97. The summed E-state index contributed by atoms with van der Waals surface area (Å²) in [5, 5.41) is 20.0. The van der Waals surface area contributed by atoms with Crippen LogP contribution >= 0.6 is 0 Å². The largest absolute Gasteiger partial charge is 0.492 e. The van der Waals surface area contributed by atoms with Crippen molar-refractivity contribution >= 4 is 5.69 Å². The van der Waals surface area contributed by atoms with Gasteiger partial charge in [0.15, 0.2) is 0 Å². The Hall–Kier alpha value is -2.37. The lowest BCUT2D eigenvalue weighted by atomic mass is 10.1. The van der Waals surface area contributed by atoms with Crippen molar-refractivity contribution < 1.29 is 10.0 Å². The first-order valence-corrected chi connectivity index (χ1v) is 4.97. The van der Waals surface area contributed by atoms with E-state index in [1.807, 2.05) is 6.92 Å². The summed E-state index contributed by atoms with van der Waals surface area (Å²) in [6.45, 7) is 1.84. The molecule has 17 heavy (non-hydrogen) atoms. The van der Waals surface area contributed by atoms with Gasteiger partial charge in [-0.15, -0.1) is 0 Å². The zero-order chi connectivity index (χ0) is 12.6. The fourth-order valence-electron chi connectivity index (χ4n) is 1.67. The van der Waals surface area contributed by atoms with Gasteiger partial charge in [0.1, 0.15) is 5.82 Å². The van der Waals surface area contributed by atoms with Crippen LogP contribution in [-0.4, -0.2) is 19.6 Å². The number of non-ortho nitro benzene ring substituents is 1. The van der Waals surface area contributed by atoms with Gasteiger partial charge in [0.05, 0.1) is 11.1 Å². The Morgan fingerprint density at radius 1 is 1.47 bits per heavy atom. The van der Waals surface area contributed by atoms with Crippen molar-refractivity contribution in [3.05, 3.63) is 40.1 Å². The van der Waals surface area contributed by atoms with Crippen LogP contribution in [0.1, 0.15) is 5.56 Å². The second-order valence-electron chi connectivity index (χ2n) is 3.79.